The molecule has 0 spiro atoms. The van der Waals surface area contributed by atoms with Crippen LogP contribution in [0.25, 0.3) is 11.6 Å². The van der Waals surface area contributed by atoms with Gasteiger partial charge in [-0.2, -0.15) is 5.10 Å². The Morgan fingerprint density at radius 1 is 1.25 bits per heavy atom. The molecule has 4 nitrogen and oxygen atoms in total. The van der Waals surface area contributed by atoms with Crippen LogP contribution in [0.2, 0.25) is 5.02 Å². The maximum absolute atomic E-state index is 12.6. The van der Waals surface area contributed by atoms with Crippen LogP contribution in [-0.2, 0) is 4.79 Å². The molecule has 0 aliphatic heterocycles. The van der Waals surface area contributed by atoms with Crippen LogP contribution in [0, 0.1) is 5.41 Å². The van der Waals surface area contributed by atoms with Crippen molar-refractivity contribution in [2.45, 2.75) is 20.8 Å². The molecule has 0 saturated carbocycles. The van der Waals surface area contributed by atoms with E-state index in [4.69, 9.17) is 11.6 Å². The molecule has 1 heterocycles. The second kappa shape index (κ2) is 5.59. The lowest BCUT2D eigenvalue weighted by Crippen LogP contribution is -2.21. The Labute approximate surface area is 122 Å². The molecular formula is C15H16ClN3O. The number of rotatable bonds is 3. The van der Waals surface area contributed by atoms with Gasteiger partial charge in [0.1, 0.15) is 6.33 Å². The standard InChI is InChI=1S/C15H16ClN3O/c1-15(2,3)13(20)12(14-17-9-18-19-14)8-10-4-6-11(16)7-5-10/h4-9H,1-3H3,(H,17,18,19)/b12-8-. The van der Waals surface area contributed by atoms with Crippen molar-refractivity contribution in [1.29, 1.82) is 0 Å². The summed E-state index contributed by atoms with van der Waals surface area (Å²) in [5, 5.41) is 7.22. The Balaban J connectivity index is 2.47. The maximum atomic E-state index is 12.6. The number of hydrogen-bond acceptors (Lipinski definition) is 3. The largest absolute Gasteiger partial charge is 0.293 e. The fourth-order valence-corrected chi connectivity index (χ4v) is 1.83. The Bertz CT molecular complexity index is 622. The van der Waals surface area contributed by atoms with Gasteiger partial charge in [-0.25, -0.2) is 4.98 Å². The molecule has 5 heteroatoms. The van der Waals surface area contributed by atoms with Gasteiger partial charge in [0.25, 0.3) is 0 Å². The summed E-state index contributed by atoms with van der Waals surface area (Å²) in [4.78, 5) is 16.6. The lowest BCUT2D eigenvalue weighted by Gasteiger charge is -2.17. The molecule has 1 N–H and O–H groups in total. The van der Waals surface area contributed by atoms with Crippen molar-refractivity contribution in [2.24, 2.45) is 5.41 Å². The first-order valence-electron chi connectivity index (χ1n) is 6.26. The number of Topliss-reactive ketones (excluding diaryl/α,β-unsaturated/α-hetero) is 1. The van der Waals surface area contributed by atoms with E-state index in [1.54, 1.807) is 18.2 Å². The van der Waals surface area contributed by atoms with Crippen molar-refractivity contribution in [3.05, 3.63) is 47.0 Å². The molecule has 2 rings (SSSR count). The average molecular weight is 290 g/mol. The molecule has 0 unspecified atom stereocenters. The van der Waals surface area contributed by atoms with Gasteiger partial charge in [0.2, 0.25) is 0 Å². The highest BCUT2D eigenvalue weighted by atomic mass is 35.5. The first-order chi connectivity index (χ1) is 9.38. The zero-order valence-electron chi connectivity index (χ0n) is 11.6. The summed E-state index contributed by atoms with van der Waals surface area (Å²) in [6.45, 7) is 5.63. The van der Waals surface area contributed by atoms with E-state index >= 15 is 0 Å². The summed E-state index contributed by atoms with van der Waals surface area (Å²) < 4.78 is 0. The van der Waals surface area contributed by atoms with E-state index in [0.717, 1.165) is 5.56 Å². The second-order valence-corrected chi connectivity index (χ2v) is 5.96. The van der Waals surface area contributed by atoms with Crippen LogP contribution >= 0.6 is 11.6 Å². The van der Waals surface area contributed by atoms with Crippen LogP contribution in [0.15, 0.2) is 30.6 Å². The first kappa shape index (κ1) is 14.5. The van der Waals surface area contributed by atoms with E-state index < -0.39 is 5.41 Å². The van der Waals surface area contributed by atoms with Crippen LogP contribution in [0.5, 0.6) is 0 Å². The smallest absolute Gasteiger partial charge is 0.171 e. The Kier molecular flexibility index (Phi) is 4.04. The molecule has 0 fully saturated rings. The number of allylic oxidation sites excluding steroid dienone is 1. The van der Waals surface area contributed by atoms with E-state index in [0.29, 0.717) is 16.4 Å². The third-order valence-corrected chi connectivity index (χ3v) is 3.03. The van der Waals surface area contributed by atoms with Gasteiger partial charge in [-0.05, 0) is 23.8 Å². The number of aromatic nitrogens is 3. The summed E-state index contributed by atoms with van der Waals surface area (Å²) >= 11 is 5.87. The van der Waals surface area contributed by atoms with E-state index in [1.807, 2.05) is 32.9 Å². The van der Waals surface area contributed by atoms with Crippen LogP contribution in [0.3, 0.4) is 0 Å². The second-order valence-electron chi connectivity index (χ2n) is 5.52. The minimum absolute atomic E-state index is 0.00389. The molecule has 0 saturated heterocycles. The number of nitrogens with zero attached hydrogens (tertiary/aromatic N) is 2. The van der Waals surface area contributed by atoms with Gasteiger partial charge in [-0.15, -0.1) is 0 Å². The van der Waals surface area contributed by atoms with E-state index in [2.05, 4.69) is 15.2 Å². The zero-order chi connectivity index (χ0) is 14.8. The van der Waals surface area contributed by atoms with E-state index in [-0.39, 0.29) is 5.78 Å². The van der Waals surface area contributed by atoms with Crippen LogP contribution in [-0.4, -0.2) is 21.0 Å². The highest BCUT2D eigenvalue weighted by Gasteiger charge is 2.27. The summed E-state index contributed by atoms with van der Waals surface area (Å²) in [5.74, 6) is 0.476. The number of hydrogen-bond donors (Lipinski definition) is 1. The normalized spacial score (nSPS) is 12.5. The number of ketones is 1. The lowest BCUT2D eigenvalue weighted by atomic mass is 9.85. The van der Waals surface area contributed by atoms with Gasteiger partial charge >= 0.3 is 0 Å². The molecule has 0 radical (unpaired) electrons. The fourth-order valence-electron chi connectivity index (χ4n) is 1.71. The van der Waals surface area contributed by atoms with E-state index in [9.17, 15) is 4.79 Å². The fraction of sp³-hybridized carbons (Fsp3) is 0.267. The highest BCUT2D eigenvalue weighted by Crippen LogP contribution is 2.26. The molecule has 0 amide bonds. The van der Waals surface area contributed by atoms with Crippen molar-refractivity contribution >= 4 is 29.0 Å². The molecule has 1 aromatic heterocycles. The van der Waals surface area contributed by atoms with Gasteiger partial charge in [0, 0.05) is 10.4 Å². The number of aromatic amines is 1. The lowest BCUT2D eigenvalue weighted by molar-refractivity contribution is -0.120. The predicted octanol–water partition coefficient (Wildman–Crippen LogP) is 3.61. The quantitative estimate of drug-likeness (QED) is 0.878. The van der Waals surface area contributed by atoms with Gasteiger partial charge < -0.3 is 0 Å². The Morgan fingerprint density at radius 2 is 1.90 bits per heavy atom. The summed E-state index contributed by atoms with van der Waals surface area (Å²) in [5.41, 5.74) is 0.904. The van der Waals surface area contributed by atoms with Crippen LogP contribution < -0.4 is 0 Å². The van der Waals surface area contributed by atoms with Crippen LogP contribution in [0.1, 0.15) is 32.2 Å². The van der Waals surface area contributed by atoms with Crippen LogP contribution in [0.4, 0.5) is 0 Å². The number of halogens is 1. The third-order valence-electron chi connectivity index (χ3n) is 2.78. The number of carbonyl (C=O) groups is 1. The SMILES string of the molecule is CC(C)(C)C(=O)/C(=C/c1ccc(Cl)cc1)c1ncn[nH]1. The monoisotopic (exact) mass is 289 g/mol. The van der Waals surface area contributed by atoms with Crippen molar-refractivity contribution < 1.29 is 4.79 Å². The minimum Gasteiger partial charge on any atom is -0.293 e. The zero-order valence-corrected chi connectivity index (χ0v) is 12.4. The maximum Gasteiger partial charge on any atom is 0.171 e. The summed E-state index contributed by atoms with van der Waals surface area (Å²) in [6.07, 6.45) is 3.19. The molecule has 0 aliphatic rings. The van der Waals surface area contributed by atoms with E-state index in [1.165, 1.54) is 6.33 Å². The van der Waals surface area contributed by atoms with Gasteiger partial charge in [0.15, 0.2) is 11.6 Å². The molecule has 1 aromatic carbocycles. The van der Waals surface area contributed by atoms with Crippen molar-refractivity contribution in [3.8, 4) is 0 Å². The summed E-state index contributed by atoms with van der Waals surface area (Å²) in [6, 6.07) is 7.28. The molecular weight excluding hydrogens is 274 g/mol. The van der Waals surface area contributed by atoms with Gasteiger partial charge in [-0.3, -0.25) is 9.89 Å². The molecule has 20 heavy (non-hydrogen) atoms. The molecule has 0 atom stereocenters. The Morgan fingerprint density at radius 3 is 2.40 bits per heavy atom. The van der Waals surface area contributed by atoms with Gasteiger partial charge in [0.05, 0.1) is 5.57 Å². The Hall–Kier alpha value is -1.94. The number of nitrogens with one attached hydrogen (secondary N) is 1. The molecule has 104 valence electrons. The van der Waals surface area contributed by atoms with Crippen molar-refractivity contribution in [1.82, 2.24) is 15.2 Å². The molecule has 0 bridgehead atoms. The molecule has 0 aliphatic carbocycles. The minimum atomic E-state index is -0.495. The average Bonchev–Trinajstić information content (AvgIpc) is 2.90. The summed E-state index contributed by atoms with van der Waals surface area (Å²) in [7, 11) is 0. The van der Waals surface area contributed by atoms with Crippen molar-refractivity contribution in [3.63, 3.8) is 0 Å². The van der Waals surface area contributed by atoms with Gasteiger partial charge in [-0.1, -0.05) is 44.5 Å². The van der Waals surface area contributed by atoms with Crippen molar-refractivity contribution in [2.75, 3.05) is 0 Å². The highest BCUT2D eigenvalue weighted by molar-refractivity contribution is 6.30. The topological polar surface area (TPSA) is 58.6 Å². The predicted molar refractivity (Wildman–Crippen MR) is 80.2 cm³/mol. The number of benzene rings is 1. The first-order valence-corrected chi connectivity index (χ1v) is 6.63. The number of carbonyl (C=O) groups excluding carboxylic acids is 1. The molecule has 2 aromatic rings. The number of H-pyrrole nitrogens is 1. The third kappa shape index (κ3) is 3.33.